The van der Waals surface area contributed by atoms with Gasteiger partial charge in [0, 0.05) is 16.3 Å². The molecule has 0 saturated heterocycles. The smallest absolute Gasteiger partial charge is 0.179 e. The molecular formula is C54H49OPSi2. The van der Waals surface area contributed by atoms with Crippen molar-refractivity contribution in [3.8, 4) is 0 Å². The summed E-state index contributed by atoms with van der Waals surface area (Å²) < 4.78 is 16.3. The quantitative estimate of drug-likeness (QED) is 0.0777. The molecule has 0 unspecified atom stereocenters. The van der Waals surface area contributed by atoms with Gasteiger partial charge in [-0.15, -0.1) is 0 Å². The minimum atomic E-state index is -3.04. The van der Waals surface area contributed by atoms with Crippen molar-refractivity contribution in [3.05, 3.63) is 231 Å². The van der Waals surface area contributed by atoms with Gasteiger partial charge in [0.15, 0.2) is 16.1 Å². The average Bonchev–Trinajstić information content (AvgIpc) is 3.32. The SMILES string of the molecule is O=P(c1ccc([Si](c2ccccc2)(c2ccccc2)c2ccccc2)cc1)(c1ccc([Si](c2ccccc2)(c2ccccc2)c2ccccc2)cc1)C1CCCCC1. The van der Waals surface area contributed by atoms with Gasteiger partial charge in [0.25, 0.3) is 0 Å². The molecule has 0 aliphatic heterocycles. The second-order valence-electron chi connectivity index (χ2n) is 15.7. The van der Waals surface area contributed by atoms with Gasteiger partial charge >= 0.3 is 0 Å². The molecule has 58 heavy (non-hydrogen) atoms. The maximum absolute atomic E-state index is 16.3. The van der Waals surface area contributed by atoms with E-state index < -0.39 is 23.3 Å². The molecule has 4 heteroatoms. The Bertz CT molecular complexity index is 2210. The third-order valence-corrected chi connectivity index (χ3v) is 26.0. The van der Waals surface area contributed by atoms with Crippen LogP contribution in [0, 0.1) is 0 Å². The predicted octanol–water partition coefficient (Wildman–Crippen LogP) is 7.09. The van der Waals surface area contributed by atoms with E-state index in [1.807, 2.05) is 0 Å². The minimum Gasteiger partial charge on any atom is -0.313 e. The van der Waals surface area contributed by atoms with E-state index in [4.69, 9.17) is 0 Å². The summed E-state index contributed by atoms with van der Waals surface area (Å²) in [5, 5.41) is 12.6. The molecule has 0 atom stereocenters. The van der Waals surface area contributed by atoms with Crippen LogP contribution >= 0.6 is 7.14 Å². The highest BCUT2D eigenvalue weighted by Gasteiger charge is 2.44. The van der Waals surface area contributed by atoms with Crippen LogP contribution in [0.3, 0.4) is 0 Å². The van der Waals surface area contributed by atoms with Crippen LogP contribution < -0.4 is 52.1 Å². The Morgan fingerprint density at radius 2 is 0.517 bits per heavy atom. The molecule has 1 saturated carbocycles. The van der Waals surface area contributed by atoms with Crippen molar-refractivity contribution < 1.29 is 4.57 Å². The van der Waals surface area contributed by atoms with Gasteiger partial charge in [0.05, 0.1) is 0 Å². The molecule has 0 amide bonds. The summed E-state index contributed by atoms with van der Waals surface area (Å²) in [6.45, 7) is 0. The fourth-order valence-electron chi connectivity index (χ4n) is 10.0. The molecule has 1 fully saturated rings. The van der Waals surface area contributed by atoms with Gasteiger partial charge in [-0.3, -0.25) is 0 Å². The zero-order valence-corrected chi connectivity index (χ0v) is 35.8. The van der Waals surface area contributed by atoms with Gasteiger partial charge in [-0.1, -0.05) is 250 Å². The predicted molar refractivity (Wildman–Crippen MR) is 254 cm³/mol. The first-order valence-electron chi connectivity index (χ1n) is 20.8. The Morgan fingerprint density at radius 1 is 0.293 bits per heavy atom. The van der Waals surface area contributed by atoms with Crippen molar-refractivity contribution in [2.24, 2.45) is 0 Å². The van der Waals surface area contributed by atoms with Crippen molar-refractivity contribution in [2.45, 2.75) is 37.8 Å². The Morgan fingerprint density at radius 3 is 0.759 bits per heavy atom. The topological polar surface area (TPSA) is 17.1 Å². The van der Waals surface area contributed by atoms with Gasteiger partial charge < -0.3 is 4.57 Å². The first-order valence-corrected chi connectivity index (χ1v) is 26.6. The Balaban J connectivity index is 1.21. The second kappa shape index (κ2) is 16.7. The molecule has 8 aromatic carbocycles. The average molecular weight is 801 g/mol. The number of rotatable bonds is 11. The molecule has 1 nitrogen and oxygen atoms in total. The lowest BCUT2D eigenvalue weighted by Crippen LogP contribution is -2.74. The normalized spacial score (nSPS) is 13.9. The van der Waals surface area contributed by atoms with E-state index >= 15 is 4.57 Å². The number of benzene rings is 8. The molecule has 0 N–H and O–H groups in total. The van der Waals surface area contributed by atoms with Gasteiger partial charge in [0.1, 0.15) is 7.14 Å². The molecule has 0 aromatic heterocycles. The third kappa shape index (κ3) is 6.62. The van der Waals surface area contributed by atoms with E-state index in [1.54, 1.807) is 0 Å². The van der Waals surface area contributed by atoms with Crippen LogP contribution in [0.25, 0.3) is 0 Å². The fourth-order valence-corrected chi connectivity index (χ4v) is 22.9. The zero-order chi connectivity index (χ0) is 39.3. The van der Waals surface area contributed by atoms with Gasteiger partial charge in [-0.2, -0.15) is 0 Å². The molecule has 1 aliphatic rings. The molecule has 9 rings (SSSR count). The fraction of sp³-hybridized carbons (Fsp3) is 0.111. The number of hydrogen-bond donors (Lipinski definition) is 0. The van der Waals surface area contributed by atoms with Gasteiger partial charge in [-0.05, 0) is 54.3 Å². The summed E-state index contributed by atoms with van der Waals surface area (Å²) in [7, 11) is -8.47. The first kappa shape index (κ1) is 38.0. The maximum Gasteiger partial charge on any atom is 0.179 e. The Hall–Kier alpha value is -5.58. The standard InChI is InChI=1S/C54H49OPSi2/c55-56(44-22-8-1-9-23-44,45-36-40-53(41-37-45)57(47-24-10-2-11-25-47,48-26-12-3-13-27-48)49-28-14-4-15-29-49)46-38-42-54(43-39-46)58(50-30-16-5-17-31-50,51-32-18-6-19-33-51)52-34-20-7-21-35-52/h2-7,10-21,24-44H,1,8-9,22-23H2. The Kier molecular flexibility index (Phi) is 10.9. The minimum absolute atomic E-state index is 0.122. The van der Waals surface area contributed by atoms with Gasteiger partial charge in [0.2, 0.25) is 0 Å². The van der Waals surface area contributed by atoms with E-state index in [2.05, 4.69) is 231 Å². The summed E-state index contributed by atoms with van der Waals surface area (Å²) >= 11 is 0. The zero-order valence-electron chi connectivity index (χ0n) is 32.9. The lowest BCUT2D eigenvalue weighted by atomic mass is 10.0. The van der Waals surface area contributed by atoms with Gasteiger partial charge in [-0.25, -0.2) is 0 Å². The summed E-state index contributed by atoms with van der Waals surface area (Å²) in [5.41, 5.74) is 0.122. The summed E-state index contributed by atoms with van der Waals surface area (Å²) in [5.74, 6) is 0. The van der Waals surface area contributed by atoms with Crippen molar-refractivity contribution in [3.63, 3.8) is 0 Å². The van der Waals surface area contributed by atoms with Crippen molar-refractivity contribution >= 4 is 75.4 Å². The van der Waals surface area contributed by atoms with Crippen molar-refractivity contribution in [1.82, 2.24) is 0 Å². The summed E-state index contributed by atoms with van der Waals surface area (Å²) in [6, 6.07) is 84.6. The van der Waals surface area contributed by atoms with E-state index in [0.29, 0.717) is 0 Å². The van der Waals surface area contributed by atoms with E-state index in [9.17, 15) is 0 Å². The molecule has 8 aromatic rings. The van der Waals surface area contributed by atoms with Crippen molar-refractivity contribution in [2.75, 3.05) is 0 Å². The van der Waals surface area contributed by atoms with Crippen molar-refractivity contribution in [1.29, 1.82) is 0 Å². The highest BCUT2D eigenvalue weighted by atomic mass is 31.2. The molecule has 1 aliphatic carbocycles. The van der Waals surface area contributed by atoms with Crippen LogP contribution in [0.2, 0.25) is 0 Å². The highest BCUT2D eigenvalue weighted by molar-refractivity contribution is 7.79. The maximum atomic E-state index is 16.3. The lowest BCUT2D eigenvalue weighted by molar-refractivity contribution is 0.490. The Labute approximate surface area is 346 Å². The number of hydrogen-bond acceptors (Lipinski definition) is 1. The molecular weight excluding hydrogens is 752 g/mol. The largest absolute Gasteiger partial charge is 0.313 e. The summed E-state index contributed by atoms with van der Waals surface area (Å²) in [4.78, 5) is 0. The molecule has 284 valence electrons. The van der Waals surface area contributed by atoms with Crippen LogP contribution in [0.1, 0.15) is 32.1 Å². The van der Waals surface area contributed by atoms with Crippen LogP contribution in [-0.4, -0.2) is 21.8 Å². The van der Waals surface area contributed by atoms with E-state index in [0.717, 1.165) is 36.3 Å². The van der Waals surface area contributed by atoms with Crippen LogP contribution in [0.15, 0.2) is 231 Å². The highest BCUT2D eigenvalue weighted by Crippen LogP contribution is 2.53. The van der Waals surface area contributed by atoms with E-state index in [1.165, 1.54) is 47.9 Å². The molecule has 0 radical (unpaired) electrons. The van der Waals surface area contributed by atoms with Crippen LogP contribution in [0.5, 0.6) is 0 Å². The third-order valence-electron chi connectivity index (χ3n) is 12.7. The molecule has 0 bridgehead atoms. The summed E-state index contributed by atoms with van der Waals surface area (Å²) in [6.07, 6.45) is 5.46. The second-order valence-corrected chi connectivity index (χ2v) is 26.4. The first-order chi connectivity index (χ1) is 28.7. The monoisotopic (exact) mass is 800 g/mol. The van der Waals surface area contributed by atoms with Crippen LogP contribution in [0.4, 0.5) is 0 Å². The molecule has 0 spiro atoms. The lowest BCUT2D eigenvalue weighted by Gasteiger charge is -2.36. The van der Waals surface area contributed by atoms with Crippen LogP contribution in [-0.2, 0) is 4.57 Å². The van der Waals surface area contributed by atoms with E-state index in [-0.39, 0.29) is 5.66 Å². The molecule has 0 heterocycles.